The highest BCUT2D eigenvalue weighted by Crippen LogP contribution is 2.11. The molecule has 0 aliphatic rings. The molecule has 1 unspecified atom stereocenters. The van der Waals surface area contributed by atoms with Gasteiger partial charge in [-0.2, -0.15) is 0 Å². The Bertz CT molecular complexity index is 178. The van der Waals surface area contributed by atoms with Crippen LogP contribution in [0.1, 0.15) is 72.1 Å². The van der Waals surface area contributed by atoms with Crippen LogP contribution in [0.3, 0.4) is 0 Å². The second-order valence-corrected chi connectivity index (χ2v) is 4.77. The highest BCUT2D eigenvalue weighted by atomic mass is 16.5. The van der Waals surface area contributed by atoms with Crippen LogP contribution in [0.15, 0.2) is 0 Å². The van der Waals surface area contributed by atoms with Gasteiger partial charge in [0.2, 0.25) is 0 Å². The fraction of sp³-hybridized carbons (Fsp3) is 0.929. The lowest BCUT2D eigenvalue weighted by atomic mass is 10.0. The molecule has 0 saturated heterocycles. The van der Waals surface area contributed by atoms with E-state index in [0.717, 1.165) is 11.2 Å². The van der Waals surface area contributed by atoms with Crippen LogP contribution in [-0.2, 0) is 0 Å². The van der Waals surface area contributed by atoms with Gasteiger partial charge in [0.15, 0.2) is 6.21 Å². The molecule has 0 aliphatic carbocycles. The van der Waals surface area contributed by atoms with Crippen LogP contribution in [0.5, 0.6) is 0 Å². The molecule has 0 saturated carbocycles. The summed E-state index contributed by atoms with van der Waals surface area (Å²) >= 11 is 0. The largest absolute Gasteiger partial charge is 0.624 e. The number of nitrogens with zero attached hydrogens (tertiary/aromatic N) is 1. The lowest BCUT2D eigenvalue weighted by Gasteiger charge is -2.06. The minimum atomic E-state index is 0.438. The second kappa shape index (κ2) is 11.0. The van der Waals surface area contributed by atoms with Crippen molar-refractivity contribution in [3.8, 4) is 0 Å². The van der Waals surface area contributed by atoms with Crippen LogP contribution in [0.25, 0.3) is 0 Å². The molecule has 16 heavy (non-hydrogen) atoms. The van der Waals surface area contributed by atoms with Gasteiger partial charge < -0.3 is 5.21 Å². The molecule has 0 spiro atoms. The SMILES string of the molecule is CCCCCCCCCC(C)/C=[N+](/[O-])CC. The third-order valence-corrected chi connectivity index (χ3v) is 3.00. The van der Waals surface area contributed by atoms with Crippen LogP contribution in [-0.4, -0.2) is 17.5 Å². The van der Waals surface area contributed by atoms with Gasteiger partial charge in [0.25, 0.3) is 0 Å². The molecule has 0 rings (SSSR count). The first kappa shape index (κ1) is 15.5. The standard InChI is InChI=1S/C14H29NO/c1-4-6-7-8-9-10-11-12-14(3)13-15(16)5-2/h13-14H,4-12H2,1-3H3/b15-13+. The van der Waals surface area contributed by atoms with Crippen molar-refractivity contribution in [3.63, 3.8) is 0 Å². The Morgan fingerprint density at radius 2 is 1.56 bits per heavy atom. The number of hydroxylamine groups is 1. The van der Waals surface area contributed by atoms with Crippen molar-refractivity contribution in [1.82, 2.24) is 0 Å². The van der Waals surface area contributed by atoms with E-state index in [2.05, 4.69) is 13.8 Å². The fourth-order valence-electron chi connectivity index (χ4n) is 1.89. The van der Waals surface area contributed by atoms with Gasteiger partial charge in [-0.05, 0) is 13.3 Å². The van der Waals surface area contributed by atoms with E-state index in [1.165, 1.54) is 44.9 Å². The van der Waals surface area contributed by atoms with E-state index in [9.17, 15) is 5.21 Å². The summed E-state index contributed by atoms with van der Waals surface area (Å²) in [5, 5.41) is 11.1. The van der Waals surface area contributed by atoms with Gasteiger partial charge in [-0.25, -0.2) is 4.74 Å². The van der Waals surface area contributed by atoms with Gasteiger partial charge >= 0.3 is 0 Å². The van der Waals surface area contributed by atoms with Gasteiger partial charge in [-0.1, -0.05) is 58.8 Å². The van der Waals surface area contributed by atoms with E-state index < -0.39 is 0 Å². The molecule has 0 aromatic rings. The Balaban J connectivity index is 3.31. The van der Waals surface area contributed by atoms with Crippen LogP contribution in [0.2, 0.25) is 0 Å². The molecule has 1 atom stereocenters. The lowest BCUT2D eigenvalue weighted by molar-refractivity contribution is -0.450. The topological polar surface area (TPSA) is 26.1 Å². The van der Waals surface area contributed by atoms with Gasteiger partial charge in [-0.15, -0.1) is 0 Å². The van der Waals surface area contributed by atoms with Crippen molar-refractivity contribution in [2.75, 3.05) is 6.54 Å². The normalized spacial score (nSPS) is 14.1. The number of rotatable bonds is 10. The second-order valence-electron chi connectivity index (χ2n) is 4.77. The minimum absolute atomic E-state index is 0.438. The summed E-state index contributed by atoms with van der Waals surface area (Å²) in [6.45, 7) is 6.85. The lowest BCUT2D eigenvalue weighted by Crippen LogP contribution is -2.09. The Morgan fingerprint density at radius 3 is 2.12 bits per heavy atom. The van der Waals surface area contributed by atoms with Crippen molar-refractivity contribution in [1.29, 1.82) is 0 Å². The zero-order valence-electron chi connectivity index (χ0n) is 11.4. The quantitative estimate of drug-likeness (QED) is 0.179. The number of hydrogen-bond acceptors (Lipinski definition) is 1. The van der Waals surface area contributed by atoms with Crippen molar-refractivity contribution in [2.45, 2.75) is 72.1 Å². The number of hydrogen-bond donors (Lipinski definition) is 0. The van der Waals surface area contributed by atoms with Crippen molar-refractivity contribution < 1.29 is 4.74 Å². The molecule has 0 fully saturated rings. The molecule has 0 heterocycles. The number of unbranched alkanes of at least 4 members (excludes halogenated alkanes) is 6. The monoisotopic (exact) mass is 227 g/mol. The Hall–Kier alpha value is -0.530. The van der Waals surface area contributed by atoms with Gasteiger partial charge in [-0.3, -0.25) is 0 Å². The molecule has 0 aromatic heterocycles. The highest BCUT2D eigenvalue weighted by Gasteiger charge is 2.02. The van der Waals surface area contributed by atoms with E-state index in [1.54, 1.807) is 0 Å². The van der Waals surface area contributed by atoms with Crippen LogP contribution in [0, 0.1) is 11.1 Å². The Kier molecular flexibility index (Phi) is 10.6. The third kappa shape index (κ3) is 10.0. The molecule has 0 radical (unpaired) electrons. The van der Waals surface area contributed by atoms with Crippen molar-refractivity contribution >= 4 is 6.21 Å². The van der Waals surface area contributed by atoms with Crippen LogP contribution < -0.4 is 0 Å². The summed E-state index contributed by atoms with van der Waals surface area (Å²) in [5.74, 6) is 0.438. The summed E-state index contributed by atoms with van der Waals surface area (Å²) in [5.41, 5.74) is 0. The molecule has 96 valence electrons. The maximum atomic E-state index is 11.1. The summed E-state index contributed by atoms with van der Waals surface area (Å²) in [6, 6.07) is 0. The molecule has 2 nitrogen and oxygen atoms in total. The molecular weight excluding hydrogens is 198 g/mol. The smallest absolute Gasteiger partial charge is 0.153 e. The zero-order chi connectivity index (χ0) is 12.2. The first-order chi connectivity index (χ1) is 7.70. The van der Waals surface area contributed by atoms with E-state index in [4.69, 9.17) is 0 Å². The first-order valence-corrected chi connectivity index (χ1v) is 6.99. The maximum absolute atomic E-state index is 11.1. The fourth-order valence-corrected chi connectivity index (χ4v) is 1.89. The summed E-state index contributed by atoms with van der Waals surface area (Å²) in [4.78, 5) is 0. The van der Waals surface area contributed by atoms with Crippen LogP contribution in [0.4, 0.5) is 0 Å². The van der Waals surface area contributed by atoms with Gasteiger partial charge in [0.05, 0.1) is 0 Å². The van der Waals surface area contributed by atoms with E-state index in [-0.39, 0.29) is 0 Å². The van der Waals surface area contributed by atoms with Gasteiger partial charge in [0.1, 0.15) is 6.54 Å². The van der Waals surface area contributed by atoms with E-state index in [1.807, 2.05) is 13.1 Å². The molecular formula is C14H29NO. The van der Waals surface area contributed by atoms with E-state index >= 15 is 0 Å². The van der Waals surface area contributed by atoms with Crippen LogP contribution >= 0.6 is 0 Å². The Morgan fingerprint density at radius 1 is 1.00 bits per heavy atom. The van der Waals surface area contributed by atoms with Gasteiger partial charge in [0, 0.05) is 5.92 Å². The third-order valence-electron chi connectivity index (χ3n) is 3.00. The van der Waals surface area contributed by atoms with Crippen molar-refractivity contribution in [2.24, 2.45) is 5.92 Å². The molecule has 0 amide bonds. The molecule has 2 heteroatoms. The predicted octanol–water partition coefficient (Wildman–Crippen LogP) is 4.36. The Labute approximate surface area is 101 Å². The average molecular weight is 227 g/mol. The molecule has 0 N–H and O–H groups in total. The first-order valence-electron chi connectivity index (χ1n) is 6.99. The summed E-state index contributed by atoms with van der Waals surface area (Å²) in [6.07, 6.45) is 12.4. The average Bonchev–Trinajstić information content (AvgIpc) is 2.27. The zero-order valence-corrected chi connectivity index (χ0v) is 11.4. The summed E-state index contributed by atoms with van der Waals surface area (Å²) < 4.78 is 1.05. The molecule has 0 bridgehead atoms. The highest BCUT2D eigenvalue weighted by molar-refractivity contribution is 5.54. The van der Waals surface area contributed by atoms with Crippen molar-refractivity contribution in [3.05, 3.63) is 5.21 Å². The molecule has 0 aliphatic heterocycles. The maximum Gasteiger partial charge on any atom is 0.153 e. The summed E-state index contributed by atoms with van der Waals surface area (Å²) in [7, 11) is 0. The molecule has 0 aromatic carbocycles. The minimum Gasteiger partial charge on any atom is -0.624 e. The van der Waals surface area contributed by atoms with E-state index in [0.29, 0.717) is 12.5 Å². The predicted molar refractivity (Wildman–Crippen MR) is 72.0 cm³/mol.